The standard InChI is InChI=1S/C10H7F3N2O2/c1-17-9(16)8(15-14)6-2-4-7(5-3-6)10(11,12)13/h2-5H,1H3/p+1/b9-8-. The minimum Gasteiger partial charge on any atom is -0.475 e. The van der Waals surface area contributed by atoms with Crippen LogP contribution in [0.4, 0.5) is 13.2 Å². The van der Waals surface area contributed by atoms with Crippen molar-refractivity contribution in [1.82, 2.24) is 0 Å². The van der Waals surface area contributed by atoms with Crippen LogP contribution in [0.25, 0.3) is 10.7 Å². The lowest BCUT2D eigenvalue weighted by Crippen LogP contribution is -2.04. The molecule has 0 radical (unpaired) electrons. The lowest BCUT2D eigenvalue weighted by atomic mass is 10.1. The largest absolute Gasteiger partial charge is 0.475 e. The molecule has 1 rings (SSSR count). The number of methoxy groups -OCH3 is 1. The molecule has 0 atom stereocenters. The third-order valence-corrected chi connectivity index (χ3v) is 1.98. The van der Waals surface area contributed by atoms with E-state index in [1.165, 1.54) is 0 Å². The average Bonchev–Trinajstić information content (AvgIpc) is 2.29. The van der Waals surface area contributed by atoms with Gasteiger partial charge in [-0.15, -0.1) is 0 Å². The van der Waals surface area contributed by atoms with Gasteiger partial charge in [0.05, 0.1) is 18.2 Å². The molecular formula is C10H8F3N2O2+. The molecule has 0 heterocycles. The summed E-state index contributed by atoms with van der Waals surface area (Å²) in [5, 5.41) is 17.8. The van der Waals surface area contributed by atoms with Crippen LogP contribution in [0.3, 0.4) is 0 Å². The zero-order valence-electron chi connectivity index (χ0n) is 8.69. The van der Waals surface area contributed by atoms with Crippen LogP contribution in [0.2, 0.25) is 0 Å². The van der Waals surface area contributed by atoms with Gasteiger partial charge in [0.1, 0.15) is 0 Å². The van der Waals surface area contributed by atoms with Crippen molar-refractivity contribution >= 4 is 5.70 Å². The molecule has 17 heavy (non-hydrogen) atoms. The molecule has 0 fully saturated rings. The van der Waals surface area contributed by atoms with Crippen LogP contribution in [0.5, 0.6) is 0 Å². The number of diazo groups is 1. The van der Waals surface area contributed by atoms with Crippen LogP contribution in [0.15, 0.2) is 30.2 Å². The summed E-state index contributed by atoms with van der Waals surface area (Å²) < 4.78 is 41.2. The lowest BCUT2D eigenvalue weighted by Gasteiger charge is -2.05. The van der Waals surface area contributed by atoms with Crippen molar-refractivity contribution < 1.29 is 23.0 Å². The van der Waals surface area contributed by atoms with Gasteiger partial charge in [-0.1, -0.05) is 0 Å². The maximum absolute atomic E-state index is 12.3. The fourth-order valence-corrected chi connectivity index (χ4v) is 1.14. The van der Waals surface area contributed by atoms with Crippen LogP contribution in [-0.2, 0) is 10.9 Å². The first-order valence-corrected chi connectivity index (χ1v) is 4.40. The van der Waals surface area contributed by atoms with Gasteiger partial charge in [0, 0.05) is 0 Å². The third kappa shape index (κ3) is 2.87. The molecule has 0 bridgehead atoms. The van der Waals surface area contributed by atoms with Crippen LogP contribution in [0, 0.1) is 5.39 Å². The Kier molecular flexibility index (Phi) is 3.58. The van der Waals surface area contributed by atoms with Gasteiger partial charge in [0.15, 0.2) is 4.98 Å². The summed E-state index contributed by atoms with van der Waals surface area (Å²) >= 11 is 0. The van der Waals surface area contributed by atoms with E-state index in [1.807, 2.05) is 0 Å². The molecule has 1 aromatic carbocycles. The van der Waals surface area contributed by atoms with E-state index < -0.39 is 17.7 Å². The maximum Gasteiger partial charge on any atom is 0.471 e. The molecule has 0 aliphatic carbocycles. The fourth-order valence-electron chi connectivity index (χ4n) is 1.14. The number of aliphatic hydroxyl groups is 1. The van der Waals surface area contributed by atoms with Gasteiger partial charge in [-0.25, -0.2) is 0 Å². The number of ether oxygens (including phenoxy) is 1. The molecule has 0 amide bonds. The molecule has 1 aromatic rings. The molecule has 0 saturated carbocycles. The zero-order valence-corrected chi connectivity index (χ0v) is 8.69. The highest BCUT2D eigenvalue weighted by Crippen LogP contribution is 2.30. The van der Waals surface area contributed by atoms with Gasteiger partial charge >= 0.3 is 17.8 Å². The van der Waals surface area contributed by atoms with Crippen LogP contribution >= 0.6 is 0 Å². The van der Waals surface area contributed by atoms with Crippen molar-refractivity contribution in [3.63, 3.8) is 0 Å². The monoisotopic (exact) mass is 245 g/mol. The highest BCUT2D eigenvalue weighted by atomic mass is 19.4. The number of hydrogen-bond acceptors (Lipinski definition) is 3. The van der Waals surface area contributed by atoms with E-state index in [-0.39, 0.29) is 11.3 Å². The van der Waals surface area contributed by atoms with Crippen molar-refractivity contribution in [1.29, 1.82) is 5.39 Å². The first-order valence-electron chi connectivity index (χ1n) is 4.40. The molecule has 1 N–H and O–H groups in total. The summed E-state index contributed by atoms with van der Waals surface area (Å²) in [4.78, 5) is 2.74. The summed E-state index contributed by atoms with van der Waals surface area (Å²) in [6.45, 7) is 0. The van der Waals surface area contributed by atoms with Crippen molar-refractivity contribution in [2.24, 2.45) is 0 Å². The third-order valence-electron chi connectivity index (χ3n) is 1.98. The van der Waals surface area contributed by atoms with Gasteiger partial charge < -0.3 is 9.84 Å². The molecule has 0 saturated heterocycles. The molecular weight excluding hydrogens is 237 g/mol. The van der Waals surface area contributed by atoms with Gasteiger partial charge in [0.2, 0.25) is 5.39 Å². The Morgan fingerprint density at radius 1 is 1.29 bits per heavy atom. The Balaban J connectivity index is 3.16. The summed E-state index contributed by atoms with van der Waals surface area (Å²) in [5.74, 6) is -0.688. The van der Waals surface area contributed by atoms with Crippen LogP contribution < -0.4 is 0 Å². The molecule has 0 unspecified atom stereocenters. The highest BCUT2D eigenvalue weighted by Gasteiger charge is 2.31. The number of aliphatic hydroxyl groups excluding tert-OH is 1. The second kappa shape index (κ2) is 4.74. The maximum atomic E-state index is 12.3. The Morgan fingerprint density at radius 3 is 2.18 bits per heavy atom. The van der Waals surface area contributed by atoms with E-state index >= 15 is 0 Å². The predicted octanol–water partition coefficient (Wildman–Crippen LogP) is 3.39. The number of nitrogens with zero attached hydrogens (tertiary/aromatic N) is 2. The van der Waals surface area contributed by atoms with E-state index in [9.17, 15) is 18.3 Å². The fraction of sp³-hybridized carbons (Fsp3) is 0.200. The van der Waals surface area contributed by atoms with Crippen molar-refractivity contribution in [3.05, 3.63) is 46.3 Å². The summed E-state index contributed by atoms with van der Waals surface area (Å²) in [7, 11) is 1.13. The predicted molar refractivity (Wildman–Crippen MR) is 53.1 cm³/mol. The number of alkyl halides is 3. The number of rotatable bonds is 2. The SMILES string of the molecule is CO/C(O)=C(\[N+]#N)c1ccc(C(F)(F)F)cc1. The zero-order chi connectivity index (χ0) is 13.1. The minimum atomic E-state index is -4.44. The molecule has 0 aliphatic heterocycles. The van der Waals surface area contributed by atoms with E-state index in [4.69, 9.17) is 5.39 Å². The van der Waals surface area contributed by atoms with E-state index in [0.29, 0.717) is 0 Å². The van der Waals surface area contributed by atoms with Crippen molar-refractivity contribution in [2.45, 2.75) is 6.18 Å². The molecule has 90 valence electrons. The summed E-state index contributed by atoms with van der Waals surface area (Å²) in [6, 6.07) is 3.74. The quantitative estimate of drug-likeness (QED) is 0.641. The van der Waals surface area contributed by atoms with Gasteiger partial charge in [0.25, 0.3) is 0 Å². The highest BCUT2D eigenvalue weighted by molar-refractivity contribution is 5.70. The van der Waals surface area contributed by atoms with Crippen LogP contribution in [-0.4, -0.2) is 12.2 Å². The Bertz CT molecular complexity index is 472. The summed E-state index contributed by atoms with van der Waals surface area (Å²) in [5.41, 5.74) is -1.09. The molecule has 4 nitrogen and oxygen atoms in total. The molecule has 7 heteroatoms. The normalized spacial score (nSPS) is 12.6. The number of halogens is 3. The van der Waals surface area contributed by atoms with Gasteiger partial charge in [-0.2, -0.15) is 13.2 Å². The average molecular weight is 245 g/mol. The van der Waals surface area contributed by atoms with Crippen molar-refractivity contribution in [3.8, 4) is 0 Å². The second-order valence-electron chi connectivity index (χ2n) is 3.03. The van der Waals surface area contributed by atoms with E-state index in [2.05, 4.69) is 9.71 Å². The Labute approximate surface area is 94.6 Å². The van der Waals surface area contributed by atoms with E-state index in [1.54, 1.807) is 0 Å². The topological polar surface area (TPSA) is 57.6 Å². The number of hydrogen-bond donors (Lipinski definition) is 1. The van der Waals surface area contributed by atoms with Crippen molar-refractivity contribution in [2.75, 3.05) is 7.11 Å². The van der Waals surface area contributed by atoms with Gasteiger partial charge in [-0.05, 0) is 24.3 Å². The Hall–Kier alpha value is -2.23. The number of benzene rings is 1. The Morgan fingerprint density at radius 2 is 1.82 bits per heavy atom. The smallest absolute Gasteiger partial charge is 0.471 e. The summed E-state index contributed by atoms with van der Waals surface area (Å²) in [6.07, 6.45) is -4.44. The molecule has 0 spiro atoms. The van der Waals surface area contributed by atoms with E-state index in [0.717, 1.165) is 31.4 Å². The molecule has 0 aliphatic rings. The lowest BCUT2D eigenvalue weighted by molar-refractivity contribution is -0.137. The van der Waals surface area contributed by atoms with Gasteiger partial charge in [-0.3, -0.25) is 0 Å². The molecule has 0 aromatic heterocycles. The first-order chi connectivity index (χ1) is 7.90. The second-order valence-corrected chi connectivity index (χ2v) is 3.03. The minimum absolute atomic E-state index is 0.0971. The van der Waals surface area contributed by atoms with Crippen LogP contribution in [0.1, 0.15) is 11.1 Å². The first kappa shape index (κ1) is 12.8.